The largest absolute Gasteiger partial charge is 0.298 e. The minimum absolute atomic E-state index is 0.0393. The third kappa shape index (κ3) is 2.86. The van der Waals surface area contributed by atoms with Gasteiger partial charge in [-0.2, -0.15) is 25.3 Å². The molecule has 3 aromatic rings. The number of rotatable bonds is 3. The minimum Gasteiger partial charge on any atom is -0.291 e. The van der Waals surface area contributed by atoms with E-state index in [9.17, 15) is 43.7 Å². The minimum atomic E-state index is -5.21. The van der Waals surface area contributed by atoms with Gasteiger partial charge in [-0.25, -0.2) is 0 Å². The van der Waals surface area contributed by atoms with E-state index < -0.39 is 51.2 Å². The molecule has 4 rings (SSSR count). The van der Waals surface area contributed by atoms with E-state index in [2.05, 4.69) is 0 Å². The third-order valence-electron chi connectivity index (χ3n) is 4.73. The first-order chi connectivity index (χ1) is 13.2. The maximum atomic E-state index is 12.6. The smallest absolute Gasteiger partial charge is 0.291 e. The predicted molar refractivity (Wildman–Crippen MR) is 101 cm³/mol. The topological polar surface area (TPSA) is 180 Å². The molecular weight excluding hydrogens is 448 g/mol. The van der Waals surface area contributed by atoms with Crippen LogP contribution in [0.1, 0.15) is 10.8 Å². The number of carbonyl (C=O) groups excluding carboxylic acids is 1. The molecule has 0 saturated heterocycles. The Morgan fingerprint density at radius 2 is 1.34 bits per heavy atom. The quantitative estimate of drug-likeness (QED) is 0.467. The molecule has 1 atom stereocenters. The lowest BCUT2D eigenvalue weighted by atomic mass is 9.89. The van der Waals surface area contributed by atoms with Crippen molar-refractivity contribution in [3.05, 3.63) is 47.2 Å². The number of Topliss-reactive ketones (excluding diaryl/α,β-unsaturated/α-hetero) is 1. The summed E-state index contributed by atoms with van der Waals surface area (Å²) in [6, 6.07) is 7.10. The Labute approximate surface area is 163 Å². The summed E-state index contributed by atoms with van der Waals surface area (Å²) in [5.74, 6) is -1.55. The zero-order chi connectivity index (χ0) is 21.5. The van der Waals surface area contributed by atoms with Crippen LogP contribution in [0.2, 0.25) is 0 Å². The lowest BCUT2D eigenvalue weighted by Gasteiger charge is -2.23. The fourth-order valence-electron chi connectivity index (χ4n) is 3.74. The third-order valence-corrected chi connectivity index (χ3v) is 7.64. The highest BCUT2D eigenvalue weighted by Crippen LogP contribution is 2.39. The van der Waals surface area contributed by atoms with Crippen molar-refractivity contribution in [2.75, 3.05) is 0 Å². The maximum Gasteiger partial charge on any atom is 0.298 e. The average molecular weight is 458 g/mol. The van der Waals surface area contributed by atoms with E-state index in [1.807, 2.05) is 0 Å². The summed E-state index contributed by atoms with van der Waals surface area (Å²) in [5.41, 5.74) is -0.287. The van der Waals surface area contributed by atoms with Crippen LogP contribution in [0.3, 0.4) is 0 Å². The lowest BCUT2D eigenvalue weighted by Crippen LogP contribution is -2.34. The molecule has 0 aliphatic heterocycles. The summed E-state index contributed by atoms with van der Waals surface area (Å²) in [6.07, 6.45) is 0. The second-order valence-electron chi connectivity index (χ2n) is 6.39. The molecule has 1 aliphatic carbocycles. The maximum absolute atomic E-state index is 12.6. The van der Waals surface area contributed by atoms with Gasteiger partial charge in [-0.15, -0.1) is 0 Å². The van der Waals surface area contributed by atoms with Crippen molar-refractivity contribution in [1.29, 1.82) is 0 Å². The molecule has 0 bridgehead atoms. The van der Waals surface area contributed by atoms with Gasteiger partial charge in [0.1, 0.15) is 9.80 Å². The molecule has 0 fully saturated rings. The van der Waals surface area contributed by atoms with Crippen molar-refractivity contribution in [2.24, 2.45) is 0 Å². The van der Waals surface area contributed by atoms with Crippen LogP contribution in [0, 0.1) is 0 Å². The molecule has 0 saturated carbocycles. The van der Waals surface area contributed by atoms with Gasteiger partial charge in [0, 0.05) is 10.6 Å². The van der Waals surface area contributed by atoms with Crippen molar-refractivity contribution >= 4 is 62.6 Å². The van der Waals surface area contributed by atoms with Gasteiger partial charge in [-0.3, -0.25) is 18.5 Å². The summed E-state index contributed by atoms with van der Waals surface area (Å²) in [7, 11) is -15.1. The average Bonchev–Trinajstić information content (AvgIpc) is 2.55. The number of ketones is 1. The summed E-state index contributed by atoms with van der Waals surface area (Å²) in [6.45, 7) is 0. The number of hydrogen-bond acceptors (Lipinski definition) is 7. The normalized spacial score (nSPS) is 18.0. The Hall–Kier alpha value is -2.42. The van der Waals surface area contributed by atoms with Crippen LogP contribution in [0.5, 0.6) is 0 Å². The Balaban J connectivity index is 2.42. The Morgan fingerprint density at radius 1 is 0.724 bits per heavy atom. The van der Waals surface area contributed by atoms with E-state index in [1.54, 1.807) is 0 Å². The van der Waals surface area contributed by atoms with Crippen LogP contribution in [-0.4, -0.2) is 44.7 Å². The molecule has 0 aromatic heterocycles. The van der Waals surface area contributed by atoms with E-state index >= 15 is 0 Å². The second-order valence-corrected chi connectivity index (χ2v) is 10.6. The van der Waals surface area contributed by atoms with Crippen molar-refractivity contribution in [3.8, 4) is 0 Å². The molecule has 13 heteroatoms. The van der Waals surface area contributed by atoms with Gasteiger partial charge in [-0.1, -0.05) is 30.3 Å². The number of carbonyl (C=O) groups is 1. The SMILES string of the molecule is O=C1C(S(=O)(=O)O)=c2ccc3c(S(=O)(=O)O)ccc4ccc(c2c43)C1S(=O)(=O)O. The lowest BCUT2D eigenvalue weighted by molar-refractivity contribution is -0.113. The molecule has 152 valence electrons. The van der Waals surface area contributed by atoms with Gasteiger partial charge >= 0.3 is 0 Å². The van der Waals surface area contributed by atoms with Crippen LogP contribution < -0.4 is 5.22 Å². The second kappa shape index (κ2) is 5.81. The first-order valence-electron chi connectivity index (χ1n) is 7.71. The van der Waals surface area contributed by atoms with Gasteiger partial charge in [0.15, 0.2) is 5.25 Å². The summed E-state index contributed by atoms with van der Waals surface area (Å²) in [4.78, 5) is 10.9. The molecular formula is C16H10O10S3. The first-order valence-corrected chi connectivity index (χ1v) is 12.1. The van der Waals surface area contributed by atoms with Gasteiger partial charge in [0.25, 0.3) is 30.4 Å². The van der Waals surface area contributed by atoms with Gasteiger partial charge in [-0.05, 0) is 27.8 Å². The van der Waals surface area contributed by atoms with Crippen molar-refractivity contribution in [2.45, 2.75) is 10.1 Å². The number of benzene rings is 3. The fourth-order valence-corrected chi connectivity index (χ4v) is 6.22. The molecule has 0 radical (unpaired) electrons. The predicted octanol–water partition coefficient (Wildman–Crippen LogP) is 0.466. The van der Waals surface area contributed by atoms with Gasteiger partial charge in [0.2, 0.25) is 5.78 Å². The van der Waals surface area contributed by atoms with E-state index in [1.165, 1.54) is 18.2 Å². The molecule has 1 unspecified atom stereocenters. The van der Waals surface area contributed by atoms with Gasteiger partial charge in [0.05, 0.1) is 0 Å². The summed E-state index contributed by atoms with van der Waals surface area (Å²) >= 11 is 0. The van der Waals surface area contributed by atoms with Crippen LogP contribution in [0.25, 0.3) is 26.5 Å². The zero-order valence-corrected chi connectivity index (χ0v) is 16.4. The van der Waals surface area contributed by atoms with E-state index in [0.717, 1.165) is 18.2 Å². The Bertz CT molecular complexity index is 1630. The zero-order valence-electron chi connectivity index (χ0n) is 14.0. The van der Waals surface area contributed by atoms with Crippen LogP contribution >= 0.6 is 0 Å². The van der Waals surface area contributed by atoms with Crippen LogP contribution in [-0.2, 0) is 35.1 Å². The highest BCUT2D eigenvalue weighted by molar-refractivity contribution is 7.97. The first kappa shape index (κ1) is 19.9. The molecule has 29 heavy (non-hydrogen) atoms. The van der Waals surface area contributed by atoms with Gasteiger partial charge < -0.3 is 0 Å². The van der Waals surface area contributed by atoms with Crippen molar-refractivity contribution in [1.82, 2.24) is 0 Å². The molecule has 3 aromatic carbocycles. The highest BCUT2D eigenvalue weighted by Gasteiger charge is 2.43. The molecule has 3 N–H and O–H groups in total. The standard InChI is InChI=1S/C16H10O10S3/c17-14-15(28(21,22)23)9-3-1-7-2-6-11(27(18,19)20)8-4-5-10(13(9)12(7)8)16(14)29(24,25)26/h1-6,15H,(H,18,19,20)(H,21,22,23)(H,24,25,26). The monoisotopic (exact) mass is 458 g/mol. The molecule has 1 aliphatic rings. The van der Waals surface area contributed by atoms with E-state index in [4.69, 9.17) is 0 Å². The Morgan fingerprint density at radius 3 is 1.90 bits per heavy atom. The van der Waals surface area contributed by atoms with Crippen LogP contribution in [0.15, 0.2) is 41.3 Å². The summed E-state index contributed by atoms with van der Waals surface area (Å²) < 4.78 is 99.5. The van der Waals surface area contributed by atoms with E-state index in [-0.39, 0.29) is 26.9 Å². The summed E-state index contributed by atoms with van der Waals surface area (Å²) in [5, 5.41) is -2.53. The van der Waals surface area contributed by atoms with E-state index in [0.29, 0.717) is 5.39 Å². The molecule has 10 nitrogen and oxygen atoms in total. The van der Waals surface area contributed by atoms with Crippen LogP contribution in [0.4, 0.5) is 0 Å². The molecule has 0 heterocycles. The highest BCUT2D eigenvalue weighted by atomic mass is 32.2. The molecule has 0 amide bonds. The fraction of sp³-hybridized carbons (Fsp3) is 0.0625. The number of hydrogen-bond donors (Lipinski definition) is 3. The molecule has 0 spiro atoms. The van der Waals surface area contributed by atoms with Crippen molar-refractivity contribution < 1.29 is 43.7 Å². The Kier molecular flexibility index (Phi) is 3.98. The van der Waals surface area contributed by atoms with Crippen molar-refractivity contribution in [3.63, 3.8) is 0 Å².